The zero-order valence-corrected chi connectivity index (χ0v) is 14.9. The summed E-state index contributed by atoms with van der Waals surface area (Å²) in [5.74, 6) is 2.91. The molecule has 6 heteroatoms. The summed E-state index contributed by atoms with van der Waals surface area (Å²) in [6.07, 6.45) is 1.23. The van der Waals surface area contributed by atoms with Gasteiger partial charge in [-0.25, -0.2) is 4.79 Å². The van der Waals surface area contributed by atoms with Crippen LogP contribution in [0.15, 0.2) is 42.5 Å². The molecule has 24 heavy (non-hydrogen) atoms. The SMILES string of the molecule is COc1cc(Oc2ccccc2C(=O)O)cc(C2SCCCS2)c1. The average Bonchev–Trinajstić information content (AvgIpc) is 2.62. The number of methoxy groups -OCH3 is 1. The lowest BCUT2D eigenvalue weighted by molar-refractivity contribution is 0.0694. The Bertz CT molecular complexity index is 727. The van der Waals surface area contributed by atoms with Gasteiger partial charge in [0.1, 0.15) is 22.8 Å². The molecular weight excluding hydrogens is 344 g/mol. The number of aromatic carboxylic acids is 1. The first-order valence-corrected chi connectivity index (χ1v) is 9.69. The molecule has 2 aromatic rings. The first kappa shape index (κ1) is 17.0. The molecule has 1 fully saturated rings. The van der Waals surface area contributed by atoms with Crippen LogP contribution in [0.1, 0.15) is 26.9 Å². The minimum absolute atomic E-state index is 0.142. The Balaban J connectivity index is 1.91. The predicted molar refractivity (Wildman–Crippen MR) is 98.7 cm³/mol. The highest BCUT2D eigenvalue weighted by atomic mass is 32.2. The summed E-state index contributed by atoms with van der Waals surface area (Å²) >= 11 is 3.83. The number of thioether (sulfide) groups is 2. The smallest absolute Gasteiger partial charge is 0.339 e. The van der Waals surface area contributed by atoms with E-state index in [1.54, 1.807) is 31.4 Å². The van der Waals surface area contributed by atoms with E-state index in [4.69, 9.17) is 9.47 Å². The molecule has 0 bridgehead atoms. The Labute approximate surface area is 149 Å². The van der Waals surface area contributed by atoms with E-state index < -0.39 is 5.97 Å². The van der Waals surface area contributed by atoms with Crippen molar-refractivity contribution in [2.24, 2.45) is 0 Å². The lowest BCUT2D eigenvalue weighted by Gasteiger charge is -2.22. The van der Waals surface area contributed by atoms with Gasteiger partial charge in [-0.2, -0.15) is 0 Å². The highest BCUT2D eigenvalue weighted by Crippen LogP contribution is 2.45. The van der Waals surface area contributed by atoms with Gasteiger partial charge in [0, 0.05) is 6.07 Å². The van der Waals surface area contributed by atoms with Crippen molar-refractivity contribution in [1.82, 2.24) is 0 Å². The van der Waals surface area contributed by atoms with Gasteiger partial charge in [-0.3, -0.25) is 0 Å². The lowest BCUT2D eigenvalue weighted by Crippen LogP contribution is -2.02. The van der Waals surface area contributed by atoms with Crippen LogP contribution in [-0.2, 0) is 0 Å². The fraction of sp³-hybridized carbons (Fsp3) is 0.278. The number of carboxylic acid groups (broad SMARTS) is 1. The van der Waals surface area contributed by atoms with Crippen molar-refractivity contribution in [2.75, 3.05) is 18.6 Å². The van der Waals surface area contributed by atoms with Gasteiger partial charge in [-0.15, -0.1) is 23.5 Å². The summed E-state index contributed by atoms with van der Waals surface area (Å²) in [4.78, 5) is 11.3. The van der Waals surface area contributed by atoms with Crippen LogP contribution >= 0.6 is 23.5 Å². The van der Waals surface area contributed by atoms with E-state index in [0.29, 0.717) is 21.8 Å². The summed E-state index contributed by atoms with van der Waals surface area (Å²) in [5, 5.41) is 9.29. The molecule has 3 rings (SSSR count). The fourth-order valence-electron chi connectivity index (χ4n) is 2.45. The van der Waals surface area contributed by atoms with Gasteiger partial charge in [-0.1, -0.05) is 12.1 Å². The molecule has 0 unspecified atom stereocenters. The van der Waals surface area contributed by atoms with Crippen LogP contribution in [0.25, 0.3) is 0 Å². The molecule has 4 nitrogen and oxygen atoms in total. The van der Waals surface area contributed by atoms with Gasteiger partial charge in [-0.05, 0) is 47.8 Å². The van der Waals surface area contributed by atoms with E-state index in [0.717, 1.165) is 17.1 Å². The monoisotopic (exact) mass is 362 g/mol. The number of rotatable bonds is 5. The molecule has 126 valence electrons. The predicted octanol–water partition coefficient (Wildman–Crippen LogP) is 5.05. The molecule has 0 amide bonds. The molecule has 0 atom stereocenters. The summed E-state index contributed by atoms with van der Waals surface area (Å²) in [6.45, 7) is 0. The van der Waals surface area contributed by atoms with Crippen LogP contribution in [0.4, 0.5) is 0 Å². The highest BCUT2D eigenvalue weighted by Gasteiger charge is 2.19. The second kappa shape index (κ2) is 7.85. The average molecular weight is 362 g/mol. The summed E-state index contributed by atoms with van der Waals surface area (Å²) in [6, 6.07) is 12.4. The maximum atomic E-state index is 11.3. The highest BCUT2D eigenvalue weighted by molar-refractivity contribution is 8.16. The Kier molecular flexibility index (Phi) is 5.58. The third kappa shape index (κ3) is 3.99. The molecule has 2 aromatic carbocycles. The largest absolute Gasteiger partial charge is 0.497 e. The number of benzene rings is 2. The molecule has 0 saturated carbocycles. The molecular formula is C18H18O4S2. The van der Waals surface area contributed by atoms with Crippen molar-refractivity contribution in [3.8, 4) is 17.2 Å². The molecule has 0 aliphatic carbocycles. The number of ether oxygens (including phenoxy) is 2. The van der Waals surface area contributed by atoms with Crippen LogP contribution in [0.3, 0.4) is 0 Å². The second-order valence-electron chi connectivity index (χ2n) is 5.27. The number of carboxylic acids is 1. The molecule has 0 radical (unpaired) electrons. The minimum atomic E-state index is -1.01. The van der Waals surface area contributed by atoms with Crippen LogP contribution in [0, 0.1) is 0 Å². The normalized spacial score (nSPS) is 15.0. The number of hydrogen-bond donors (Lipinski definition) is 1. The third-order valence-corrected chi connectivity index (χ3v) is 6.60. The van der Waals surface area contributed by atoms with E-state index >= 15 is 0 Å². The van der Waals surface area contributed by atoms with E-state index in [2.05, 4.69) is 0 Å². The minimum Gasteiger partial charge on any atom is -0.497 e. The number of carbonyl (C=O) groups is 1. The van der Waals surface area contributed by atoms with Gasteiger partial charge in [0.15, 0.2) is 0 Å². The third-order valence-electron chi connectivity index (χ3n) is 3.58. The Morgan fingerprint density at radius 3 is 2.54 bits per heavy atom. The molecule has 0 spiro atoms. The maximum absolute atomic E-state index is 11.3. The van der Waals surface area contributed by atoms with E-state index in [-0.39, 0.29) is 5.56 Å². The Morgan fingerprint density at radius 2 is 1.83 bits per heavy atom. The Morgan fingerprint density at radius 1 is 1.12 bits per heavy atom. The van der Waals surface area contributed by atoms with E-state index in [9.17, 15) is 9.90 Å². The van der Waals surface area contributed by atoms with Crippen molar-refractivity contribution < 1.29 is 19.4 Å². The van der Waals surface area contributed by atoms with Gasteiger partial charge < -0.3 is 14.6 Å². The number of hydrogen-bond acceptors (Lipinski definition) is 5. The Hall–Kier alpha value is -1.79. The van der Waals surface area contributed by atoms with Gasteiger partial charge >= 0.3 is 5.97 Å². The zero-order chi connectivity index (χ0) is 16.9. The zero-order valence-electron chi connectivity index (χ0n) is 13.2. The van der Waals surface area contributed by atoms with Crippen molar-refractivity contribution in [2.45, 2.75) is 11.0 Å². The van der Waals surface area contributed by atoms with Crippen LogP contribution in [0.5, 0.6) is 17.2 Å². The quantitative estimate of drug-likeness (QED) is 0.803. The van der Waals surface area contributed by atoms with Crippen LogP contribution in [-0.4, -0.2) is 29.7 Å². The first-order chi connectivity index (χ1) is 11.7. The van der Waals surface area contributed by atoms with E-state index in [1.807, 2.05) is 35.7 Å². The standard InChI is InChI=1S/C18H18O4S2/c1-21-13-9-12(18-23-7-4-8-24-18)10-14(11-13)22-16-6-3-2-5-15(16)17(19)20/h2-3,5-6,9-11,18H,4,7-8H2,1H3,(H,19,20). The van der Waals surface area contributed by atoms with E-state index in [1.165, 1.54) is 12.5 Å². The van der Waals surface area contributed by atoms with Crippen molar-refractivity contribution in [1.29, 1.82) is 0 Å². The first-order valence-electron chi connectivity index (χ1n) is 7.60. The molecule has 1 N–H and O–H groups in total. The molecule has 1 saturated heterocycles. The van der Waals surface area contributed by atoms with Gasteiger partial charge in [0.25, 0.3) is 0 Å². The maximum Gasteiger partial charge on any atom is 0.339 e. The lowest BCUT2D eigenvalue weighted by atomic mass is 10.2. The summed E-state index contributed by atoms with van der Waals surface area (Å²) in [5.41, 5.74) is 1.27. The van der Waals surface area contributed by atoms with Crippen LogP contribution in [0.2, 0.25) is 0 Å². The topological polar surface area (TPSA) is 55.8 Å². The van der Waals surface area contributed by atoms with Crippen molar-refractivity contribution in [3.63, 3.8) is 0 Å². The summed E-state index contributed by atoms with van der Waals surface area (Å²) in [7, 11) is 1.62. The molecule has 0 aromatic heterocycles. The number of para-hydroxylation sites is 1. The van der Waals surface area contributed by atoms with Gasteiger partial charge in [0.2, 0.25) is 0 Å². The van der Waals surface area contributed by atoms with Crippen molar-refractivity contribution in [3.05, 3.63) is 53.6 Å². The molecule has 1 aliphatic rings. The van der Waals surface area contributed by atoms with Gasteiger partial charge in [0.05, 0.1) is 11.7 Å². The fourth-order valence-corrected chi connectivity index (χ4v) is 5.30. The molecule has 1 aliphatic heterocycles. The summed E-state index contributed by atoms with van der Waals surface area (Å²) < 4.78 is 11.6. The molecule has 1 heterocycles. The van der Waals surface area contributed by atoms with Crippen molar-refractivity contribution >= 4 is 29.5 Å². The van der Waals surface area contributed by atoms with Crippen LogP contribution < -0.4 is 9.47 Å². The second-order valence-corrected chi connectivity index (χ2v) is 8.00.